The Bertz CT molecular complexity index is 267. The van der Waals surface area contributed by atoms with E-state index in [0.717, 1.165) is 19.7 Å². The van der Waals surface area contributed by atoms with E-state index in [1.165, 1.54) is 12.8 Å². The summed E-state index contributed by atoms with van der Waals surface area (Å²) in [6, 6.07) is 0.453. The molecule has 1 aliphatic heterocycles. The van der Waals surface area contributed by atoms with Crippen molar-refractivity contribution >= 4 is 0 Å². The van der Waals surface area contributed by atoms with Crippen LogP contribution in [0.2, 0.25) is 0 Å². The Morgan fingerprint density at radius 3 is 3.27 bits per heavy atom. The number of aromatic nitrogens is 2. The Balaban J connectivity index is 1.65. The van der Waals surface area contributed by atoms with Crippen LogP contribution in [0.3, 0.4) is 0 Å². The van der Waals surface area contributed by atoms with E-state index in [0.29, 0.717) is 12.1 Å². The summed E-state index contributed by atoms with van der Waals surface area (Å²) in [5.41, 5.74) is 0. The van der Waals surface area contributed by atoms with Crippen LogP contribution in [0.1, 0.15) is 25.8 Å². The molecule has 2 rings (SSSR count). The maximum Gasteiger partial charge on any atom is 0.0948 e. The summed E-state index contributed by atoms with van der Waals surface area (Å²) in [4.78, 5) is 4.04. The average Bonchev–Trinajstić information content (AvgIpc) is 2.90. The standard InChI is InChI=1S/C11H19N3O/c1-10(14-5-4-12-9-14)7-13-8-11-3-2-6-15-11/h4-5,9-11,13H,2-3,6-8H2,1H3. The van der Waals surface area contributed by atoms with E-state index in [2.05, 4.69) is 21.8 Å². The molecule has 1 aromatic rings. The first-order valence-corrected chi connectivity index (χ1v) is 5.66. The summed E-state index contributed by atoms with van der Waals surface area (Å²) in [7, 11) is 0. The zero-order chi connectivity index (χ0) is 10.5. The SMILES string of the molecule is CC(CNCC1CCCO1)n1ccnc1. The molecule has 15 heavy (non-hydrogen) atoms. The first-order chi connectivity index (χ1) is 7.36. The van der Waals surface area contributed by atoms with Gasteiger partial charge in [0.05, 0.1) is 12.4 Å². The van der Waals surface area contributed by atoms with Crippen LogP contribution in [0.25, 0.3) is 0 Å². The number of rotatable bonds is 5. The van der Waals surface area contributed by atoms with Crippen LogP contribution in [0.4, 0.5) is 0 Å². The van der Waals surface area contributed by atoms with E-state index in [4.69, 9.17) is 4.74 Å². The molecule has 0 amide bonds. The largest absolute Gasteiger partial charge is 0.377 e. The summed E-state index contributed by atoms with van der Waals surface area (Å²) < 4.78 is 7.66. The minimum Gasteiger partial charge on any atom is -0.377 e. The third kappa shape index (κ3) is 3.04. The molecular weight excluding hydrogens is 190 g/mol. The van der Waals surface area contributed by atoms with Crippen LogP contribution in [-0.4, -0.2) is 35.4 Å². The molecule has 2 atom stereocenters. The summed E-state index contributed by atoms with van der Waals surface area (Å²) >= 11 is 0. The molecule has 0 saturated carbocycles. The molecule has 4 heteroatoms. The summed E-state index contributed by atoms with van der Waals surface area (Å²) in [6.45, 7) is 5.06. The highest BCUT2D eigenvalue weighted by molar-refractivity contribution is 4.80. The Hall–Kier alpha value is -0.870. The Morgan fingerprint density at radius 1 is 1.67 bits per heavy atom. The number of ether oxygens (including phenoxy) is 1. The smallest absolute Gasteiger partial charge is 0.0948 e. The maximum atomic E-state index is 5.54. The second-order valence-corrected chi connectivity index (χ2v) is 4.15. The lowest BCUT2D eigenvalue weighted by atomic mass is 10.2. The van der Waals surface area contributed by atoms with Gasteiger partial charge in [0.25, 0.3) is 0 Å². The van der Waals surface area contributed by atoms with Gasteiger partial charge in [0.2, 0.25) is 0 Å². The fourth-order valence-electron chi connectivity index (χ4n) is 1.89. The second kappa shape index (κ2) is 5.28. The van der Waals surface area contributed by atoms with Crippen LogP contribution in [0, 0.1) is 0 Å². The number of imidazole rings is 1. The van der Waals surface area contributed by atoms with Crippen molar-refractivity contribution in [1.29, 1.82) is 0 Å². The van der Waals surface area contributed by atoms with Gasteiger partial charge >= 0.3 is 0 Å². The molecule has 1 fully saturated rings. The lowest BCUT2D eigenvalue weighted by molar-refractivity contribution is 0.109. The van der Waals surface area contributed by atoms with E-state index >= 15 is 0 Å². The second-order valence-electron chi connectivity index (χ2n) is 4.15. The summed E-state index contributed by atoms with van der Waals surface area (Å²) in [5.74, 6) is 0. The molecule has 0 aromatic carbocycles. The van der Waals surface area contributed by atoms with Gasteiger partial charge in [-0.25, -0.2) is 4.98 Å². The zero-order valence-electron chi connectivity index (χ0n) is 9.22. The Morgan fingerprint density at radius 2 is 2.60 bits per heavy atom. The molecule has 2 unspecified atom stereocenters. The van der Waals surface area contributed by atoms with Crippen molar-refractivity contribution in [3.05, 3.63) is 18.7 Å². The molecule has 1 aliphatic rings. The van der Waals surface area contributed by atoms with Crippen LogP contribution in [0.15, 0.2) is 18.7 Å². The molecular formula is C11H19N3O. The number of nitrogens with zero attached hydrogens (tertiary/aromatic N) is 2. The maximum absolute atomic E-state index is 5.54. The predicted molar refractivity (Wildman–Crippen MR) is 58.8 cm³/mol. The molecule has 0 radical (unpaired) electrons. The first-order valence-electron chi connectivity index (χ1n) is 5.66. The third-order valence-corrected chi connectivity index (χ3v) is 2.87. The quantitative estimate of drug-likeness (QED) is 0.792. The van der Waals surface area contributed by atoms with Crippen LogP contribution in [-0.2, 0) is 4.74 Å². The van der Waals surface area contributed by atoms with Gasteiger partial charge in [0.1, 0.15) is 0 Å². The minimum absolute atomic E-state index is 0.431. The van der Waals surface area contributed by atoms with Gasteiger partial charge in [-0.3, -0.25) is 0 Å². The highest BCUT2D eigenvalue weighted by atomic mass is 16.5. The molecule has 2 heterocycles. The van der Waals surface area contributed by atoms with Crippen LogP contribution < -0.4 is 5.32 Å². The molecule has 0 spiro atoms. The average molecular weight is 209 g/mol. The minimum atomic E-state index is 0.431. The van der Waals surface area contributed by atoms with Crippen molar-refractivity contribution in [3.8, 4) is 0 Å². The van der Waals surface area contributed by atoms with Crippen molar-refractivity contribution in [1.82, 2.24) is 14.9 Å². The molecule has 84 valence electrons. The summed E-state index contributed by atoms with van der Waals surface area (Å²) in [6.07, 6.45) is 8.52. The Labute approximate surface area is 90.6 Å². The van der Waals surface area contributed by atoms with Gasteiger partial charge in [0, 0.05) is 38.1 Å². The molecule has 4 nitrogen and oxygen atoms in total. The van der Waals surface area contributed by atoms with Crippen molar-refractivity contribution in [2.75, 3.05) is 19.7 Å². The molecule has 0 aliphatic carbocycles. The van der Waals surface area contributed by atoms with Gasteiger partial charge in [0.15, 0.2) is 0 Å². The number of nitrogens with one attached hydrogen (secondary N) is 1. The van der Waals surface area contributed by atoms with Gasteiger partial charge in [-0.15, -0.1) is 0 Å². The van der Waals surface area contributed by atoms with E-state index in [1.54, 1.807) is 0 Å². The third-order valence-electron chi connectivity index (χ3n) is 2.87. The van der Waals surface area contributed by atoms with Crippen molar-refractivity contribution < 1.29 is 4.74 Å². The van der Waals surface area contributed by atoms with E-state index in [-0.39, 0.29) is 0 Å². The van der Waals surface area contributed by atoms with Crippen LogP contribution in [0.5, 0.6) is 0 Å². The van der Waals surface area contributed by atoms with Gasteiger partial charge in [-0.05, 0) is 19.8 Å². The summed E-state index contributed by atoms with van der Waals surface area (Å²) in [5, 5.41) is 3.44. The lowest BCUT2D eigenvalue weighted by Gasteiger charge is -2.16. The highest BCUT2D eigenvalue weighted by Crippen LogP contribution is 2.11. The number of hydrogen-bond acceptors (Lipinski definition) is 3. The monoisotopic (exact) mass is 209 g/mol. The van der Waals surface area contributed by atoms with Gasteiger partial charge in [-0.2, -0.15) is 0 Å². The van der Waals surface area contributed by atoms with Crippen molar-refractivity contribution in [3.63, 3.8) is 0 Å². The van der Waals surface area contributed by atoms with Crippen LogP contribution >= 0.6 is 0 Å². The van der Waals surface area contributed by atoms with Gasteiger partial charge < -0.3 is 14.6 Å². The predicted octanol–water partition coefficient (Wildman–Crippen LogP) is 1.21. The lowest BCUT2D eigenvalue weighted by Crippen LogP contribution is -2.30. The number of hydrogen-bond donors (Lipinski definition) is 1. The normalized spacial score (nSPS) is 23.1. The Kier molecular flexibility index (Phi) is 3.75. The molecule has 1 saturated heterocycles. The van der Waals surface area contributed by atoms with Gasteiger partial charge in [-0.1, -0.05) is 0 Å². The molecule has 1 aromatic heterocycles. The van der Waals surface area contributed by atoms with Crippen molar-refractivity contribution in [2.45, 2.75) is 31.9 Å². The fraction of sp³-hybridized carbons (Fsp3) is 0.727. The molecule has 0 bridgehead atoms. The van der Waals surface area contributed by atoms with Crippen molar-refractivity contribution in [2.24, 2.45) is 0 Å². The highest BCUT2D eigenvalue weighted by Gasteiger charge is 2.14. The van der Waals surface area contributed by atoms with E-state index < -0.39 is 0 Å². The first kappa shape index (κ1) is 10.6. The van der Waals surface area contributed by atoms with E-state index in [1.807, 2.05) is 18.7 Å². The zero-order valence-corrected chi connectivity index (χ0v) is 9.22. The topological polar surface area (TPSA) is 39.1 Å². The molecule has 1 N–H and O–H groups in total. The fourth-order valence-corrected chi connectivity index (χ4v) is 1.89. The van der Waals surface area contributed by atoms with E-state index in [9.17, 15) is 0 Å².